The minimum absolute atomic E-state index is 0.303. The van der Waals surface area contributed by atoms with Crippen molar-refractivity contribution in [2.45, 2.75) is 32.3 Å². The fourth-order valence-corrected chi connectivity index (χ4v) is 2.28. The van der Waals surface area contributed by atoms with E-state index in [2.05, 4.69) is 25.7 Å². The predicted molar refractivity (Wildman–Crippen MR) is 74.6 cm³/mol. The summed E-state index contributed by atoms with van der Waals surface area (Å²) in [6.45, 7) is 4.72. The molecule has 0 aliphatic carbocycles. The normalized spacial score (nSPS) is 22.3. The molecule has 0 bridgehead atoms. The Kier molecular flexibility index (Phi) is 3.64. The summed E-state index contributed by atoms with van der Waals surface area (Å²) in [5, 5.41) is 10.2. The molecule has 0 spiro atoms. The van der Waals surface area contributed by atoms with Gasteiger partial charge in [-0.25, -0.2) is 0 Å². The van der Waals surface area contributed by atoms with E-state index in [1.165, 1.54) is 16.0 Å². The van der Waals surface area contributed by atoms with Gasteiger partial charge in [0.2, 0.25) is 5.60 Å². The fraction of sp³-hybridized carbons (Fsp3) is 0.438. The van der Waals surface area contributed by atoms with E-state index in [0.717, 1.165) is 12.0 Å². The third-order valence-electron chi connectivity index (χ3n) is 3.65. The zero-order chi connectivity index (χ0) is 14.0. The van der Waals surface area contributed by atoms with Crippen molar-refractivity contribution in [1.29, 1.82) is 0 Å². The highest BCUT2D eigenvalue weighted by molar-refractivity contribution is 5.90. The number of carbonyl (C=O) groups is 1. The fourth-order valence-electron chi connectivity index (χ4n) is 2.28. The summed E-state index contributed by atoms with van der Waals surface area (Å²) < 4.78 is 0. The molecule has 1 amide bonds. The van der Waals surface area contributed by atoms with Crippen LogP contribution in [0.5, 0.6) is 0 Å². The maximum absolute atomic E-state index is 11.8. The number of hydrogen-bond acceptors (Lipinski definition) is 2. The Morgan fingerprint density at radius 3 is 2.79 bits per heavy atom. The Morgan fingerprint density at radius 2 is 2.21 bits per heavy atom. The van der Waals surface area contributed by atoms with Crippen LogP contribution in [0.15, 0.2) is 18.2 Å². The van der Waals surface area contributed by atoms with Gasteiger partial charge in [0.25, 0.3) is 5.91 Å². The van der Waals surface area contributed by atoms with E-state index in [4.69, 9.17) is 0 Å². The van der Waals surface area contributed by atoms with Crippen molar-refractivity contribution in [3.8, 4) is 11.8 Å². The highest BCUT2D eigenvalue weighted by atomic mass is 16.3. The summed E-state index contributed by atoms with van der Waals surface area (Å²) in [6, 6.07) is 5.97. The van der Waals surface area contributed by atoms with Gasteiger partial charge in [-0.05, 0) is 36.6 Å². The molecule has 1 saturated heterocycles. The van der Waals surface area contributed by atoms with Gasteiger partial charge >= 0.3 is 0 Å². The second-order valence-corrected chi connectivity index (χ2v) is 5.08. The van der Waals surface area contributed by atoms with Crippen LogP contribution in [0.25, 0.3) is 0 Å². The van der Waals surface area contributed by atoms with Crippen molar-refractivity contribution in [1.82, 2.24) is 4.90 Å². The molecule has 1 aliphatic heterocycles. The van der Waals surface area contributed by atoms with Crippen LogP contribution in [0.4, 0.5) is 0 Å². The largest absolute Gasteiger partial charge is 0.369 e. The quantitative estimate of drug-likeness (QED) is 0.775. The van der Waals surface area contributed by atoms with Gasteiger partial charge in [0.05, 0.1) is 0 Å². The molecule has 100 valence electrons. The molecule has 1 N–H and O–H groups in total. The van der Waals surface area contributed by atoms with E-state index >= 15 is 0 Å². The first-order chi connectivity index (χ1) is 8.96. The van der Waals surface area contributed by atoms with E-state index in [0.29, 0.717) is 13.0 Å². The summed E-state index contributed by atoms with van der Waals surface area (Å²) in [5.74, 6) is 5.37. The van der Waals surface area contributed by atoms with Crippen molar-refractivity contribution in [2.75, 3.05) is 13.6 Å². The van der Waals surface area contributed by atoms with E-state index in [1.807, 2.05) is 18.2 Å². The topological polar surface area (TPSA) is 40.5 Å². The van der Waals surface area contributed by atoms with Crippen molar-refractivity contribution in [2.24, 2.45) is 0 Å². The van der Waals surface area contributed by atoms with E-state index in [-0.39, 0.29) is 5.91 Å². The number of hydrogen-bond donors (Lipinski definition) is 1. The zero-order valence-electron chi connectivity index (χ0n) is 11.7. The van der Waals surface area contributed by atoms with Crippen molar-refractivity contribution in [3.63, 3.8) is 0 Å². The Bertz CT molecular complexity index is 568. The van der Waals surface area contributed by atoms with Gasteiger partial charge < -0.3 is 10.0 Å². The van der Waals surface area contributed by atoms with Crippen molar-refractivity contribution in [3.05, 3.63) is 34.9 Å². The molecule has 2 rings (SSSR count). The van der Waals surface area contributed by atoms with Crippen LogP contribution in [0.3, 0.4) is 0 Å². The van der Waals surface area contributed by atoms with Crippen LogP contribution in [-0.2, 0) is 11.2 Å². The van der Waals surface area contributed by atoms with Crippen LogP contribution in [0.2, 0.25) is 0 Å². The van der Waals surface area contributed by atoms with Crippen LogP contribution in [0, 0.1) is 18.8 Å². The van der Waals surface area contributed by atoms with Crippen molar-refractivity contribution < 1.29 is 9.90 Å². The average Bonchev–Trinajstić information content (AvgIpc) is 2.66. The lowest BCUT2D eigenvalue weighted by atomic mass is 10.0. The second-order valence-electron chi connectivity index (χ2n) is 5.08. The van der Waals surface area contributed by atoms with Gasteiger partial charge in [0.15, 0.2) is 0 Å². The Labute approximate surface area is 114 Å². The third-order valence-corrected chi connectivity index (χ3v) is 3.65. The molecule has 0 saturated carbocycles. The third kappa shape index (κ3) is 2.64. The molecule has 19 heavy (non-hydrogen) atoms. The van der Waals surface area contributed by atoms with Gasteiger partial charge in [0, 0.05) is 25.6 Å². The molecule has 1 aliphatic rings. The molecule has 0 unspecified atom stereocenters. The number of aliphatic hydroxyl groups is 1. The molecule has 1 aromatic rings. The van der Waals surface area contributed by atoms with Crippen molar-refractivity contribution >= 4 is 5.91 Å². The molecular formula is C16H19NO2. The SMILES string of the molecule is CCc1cc(C#C[C@]2(O)CCN(C)C2=O)ccc1C. The molecule has 1 fully saturated rings. The highest BCUT2D eigenvalue weighted by Crippen LogP contribution is 2.21. The molecule has 3 nitrogen and oxygen atoms in total. The molecule has 1 aromatic carbocycles. The Hall–Kier alpha value is -1.79. The zero-order valence-corrected chi connectivity index (χ0v) is 11.7. The molecule has 0 radical (unpaired) electrons. The van der Waals surface area contributed by atoms with Gasteiger partial charge in [0.1, 0.15) is 0 Å². The molecule has 0 aromatic heterocycles. The summed E-state index contributed by atoms with van der Waals surface area (Å²) in [4.78, 5) is 13.3. The summed E-state index contributed by atoms with van der Waals surface area (Å²) in [5.41, 5.74) is 1.82. The van der Waals surface area contributed by atoms with Crippen LogP contribution in [-0.4, -0.2) is 35.1 Å². The number of rotatable bonds is 1. The summed E-state index contributed by atoms with van der Waals surface area (Å²) in [6.07, 6.45) is 1.33. The summed E-state index contributed by atoms with van der Waals surface area (Å²) in [7, 11) is 1.68. The standard InChI is InChI=1S/C16H19NO2/c1-4-14-11-13(6-5-12(14)2)7-8-16(19)9-10-17(3)15(16)18/h5-6,11,19H,4,9-10H2,1-3H3/t16-/m0/s1. The Morgan fingerprint density at radius 1 is 1.47 bits per heavy atom. The number of benzene rings is 1. The van der Waals surface area contributed by atoms with Crippen LogP contribution < -0.4 is 0 Å². The molecule has 1 atom stereocenters. The van der Waals surface area contributed by atoms with Crippen LogP contribution in [0.1, 0.15) is 30.0 Å². The summed E-state index contributed by atoms with van der Waals surface area (Å²) >= 11 is 0. The lowest BCUT2D eigenvalue weighted by molar-refractivity contribution is -0.137. The number of likely N-dealkylation sites (N-methyl/N-ethyl adjacent to an activating group) is 1. The Balaban J connectivity index is 2.27. The lowest BCUT2D eigenvalue weighted by Gasteiger charge is -2.13. The van der Waals surface area contributed by atoms with Gasteiger partial charge in [-0.3, -0.25) is 4.79 Å². The maximum atomic E-state index is 11.8. The lowest BCUT2D eigenvalue weighted by Crippen LogP contribution is -2.37. The smallest absolute Gasteiger partial charge is 0.267 e. The van der Waals surface area contributed by atoms with Crippen LogP contribution >= 0.6 is 0 Å². The molecule has 1 heterocycles. The monoisotopic (exact) mass is 257 g/mol. The number of likely N-dealkylation sites (tertiary alicyclic amines) is 1. The van der Waals surface area contributed by atoms with Gasteiger partial charge in [-0.1, -0.05) is 24.8 Å². The first kappa shape index (κ1) is 13.6. The first-order valence-corrected chi connectivity index (χ1v) is 6.57. The maximum Gasteiger partial charge on any atom is 0.267 e. The number of amides is 1. The van der Waals surface area contributed by atoms with E-state index in [9.17, 15) is 9.90 Å². The molecule has 3 heteroatoms. The van der Waals surface area contributed by atoms with Gasteiger partial charge in [-0.2, -0.15) is 0 Å². The minimum Gasteiger partial charge on any atom is -0.369 e. The average molecular weight is 257 g/mol. The number of nitrogens with zero attached hydrogens (tertiary/aromatic N) is 1. The minimum atomic E-state index is -1.51. The number of aryl methyl sites for hydroxylation is 2. The first-order valence-electron chi connectivity index (χ1n) is 6.57. The van der Waals surface area contributed by atoms with E-state index in [1.54, 1.807) is 7.05 Å². The highest BCUT2D eigenvalue weighted by Gasteiger charge is 2.42. The number of carbonyl (C=O) groups excluding carboxylic acids is 1. The second kappa shape index (κ2) is 5.07. The molecular weight excluding hydrogens is 238 g/mol. The predicted octanol–water partition coefficient (Wildman–Crippen LogP) is 1.50. The van der Waals surface area contributed by atoms with E-state index < -0.39 is 5.60 Å². The van der Waals surface area contributed by atoms with Gasteiger partial charge in [-0.15, -0.1) is 0 Å².